The smallest absolute Gasteiger partial charge is 0.416 e. The first-order valence-electron chi connectivity index (χ1n) is 5.06. The van der Waals surface area contributed by atoms with Crippen LogP contribution in [0.2, 0.25) is 0 Å². The van der Waals surface area contributed by atoms with Gasteiger partial charge >= 0.3 is 12.1 Å². The normalized spacial score (nSPS) is 12.9. The molecule has 18 heavy (non-hydrogen) atoms. The van der Waals surface area contributed by atoms with Crippen LogP contribution in [-0.2, 0) is 15.7 Å². The summed E-state index contributed by atoms with van der Waals surface area (Å²) in [6.07, 6.45) is -4.44. The average molecular weight is 262 g/mol. The Morgan fingerprint density at radius 1 is 1.44 bits per heavy atom. The van der Waals surface area contributed by atoms with E-state index >= 15 is 0 Å². The van der Waals surface area contributed by atoms with E-state index in [1.165, 1.54) is 20.1 Å². The van der Waals surface area contributed by atoms with Crippen molar-refractivity contribution in [3.8, 4) is 0 Å². The summed E-state index contributed by atoms with van der Waals surface area (Å²) in [7, 11) is 1.22. The van der Waals surface area contributed by atoms with Crippen LogP contribution in [0.1, 0.15) is 12.5 Å². The van der Waals surface area contributed by atoms with Crippen LogP contribution in [0.4, 0.5) is 24.5 Å². The number of hydrogen-bond donors (Lipinski definition) is 2. The van der Waals surface area contributed by atoms with Crippen molar-refractivity contribution in [1.82, 2.24) is 0 Å². The molecular weight excluding hydrogens is 249 g/mol. The molecule has 0 radical (unpaired) electrons. The molecule has 7 heteroatoms. The number of carbonyl (C=O) groups excluding carboxylic acids is 1. The average Bonchev–Trinajstić information content (AvgIpc) is 2.29. The third kappa shape index (κ3) is 3.28. The molecule has 0 aromatic heterocycles. The molecule has 1 unspecified atom stereocenters. The molecule has 1 aromatic carbocycles. The second-order valence-corrected chi connectivity index (χ2v) is 3.69. The molecule has 4 nitrogen and oxygen atoms in total. The van der Waals surface area contributed by atoms with Gasteiger partial charge in [0.05, 0.1) is 24.0 Å². The molecule has 0 amide bonds. The van der Waals surface area contributed by atoms with Gasteiger partial charge in [-0.15, -0.1) is 0 Å². The van der Waals surface area contributed by atoms with E-state index in [0.29, 0.717) is 0 Å². The highest BCUT2D eigenvalue weighted by molar-refractivity contribution is 5.80. The first kappa shape index (κ1) is 14.1. The number of halogens is 3. The fraction of sp³-hybridized carbons (Fsp3) is 0.364. The molecular formula is C11H13F3N2O2. The summed E-state index contributed by atoms with van der Waals surface area (Å²) < 4.78 is 41.7. The fourth-order valence-electron chi connectivity index (χ4n) is 1.34. The van der Waals surface area contributed by atoms with Crippen LogP contribution in [0.3, 0.4) is 0 Å². The lowest BCUT2D eigenvalue weighted by Crippen LogP contribution is -2.27. The predicted molar refractivity (Wildman–Crippen MR) is 61.0 cm³/mol. The molecule has 100 valence electrons. The van der Waals surface area contributed by atoms with Crippen molar-refractivity contribution < 1.29 is 22.7 Å². The van der Waals surface area contributed by atoms with Gasteiger partial charge in [-0.1, -0.05) is 0 Å². The van der Waals surface area contributed by atoms with Gasteiger partial charge in [0.25, 0.3) is 0 Å². The number of nitrogens with two attached hydrogens (primary N) is 1. The molecule has 0 aliphatic heterocycles. The quantitative estimate of drug-likeness (QED) is 0.647. The summed E-state index contributed by atoms with van der Waals surface area (Å²) in [6.45, 7) is 1.52. The van der Waals surface area contributed by atoms with Gasteiger partial charge in [-0.3, -0.25) is 0 Å². The number of carbonyl (C=O) groups is 1. The Balaban J connectivity index is 2.90. The minimum Gasteiger partial charge on any atom is -0.467 e. The van der Waals surface area contributed by atoms with Crippen LogP contribution in [0.15, 0.2) is 18.2 Å². The molecule has 0 aliphatic carbocycles. The molecule has 1 aromatic rings. The van der Waals surface area contributed by atoms with Gasteiger partial charge in [0.15, 0.2) is 0 Å². The van der Waals surface area contributed by atoms with Gasteiger partial charge in [-0.25, -0.2) is 4.79 Å². The van der Waals surface area contributed by atoms with Crippen LogP contribution in [0.5, 0.6) is 0 Å². The Bertz CT molecular complexity index is 446. The highest BCUT2D eigenvalue weighted by Crippen LogP contribution is 2.32. The van der Waals surface area contributed by atoms with Crippen LogP contribution in [0.25, 0.3) is 0 Å². The maximum absolute atomic E-state index is 12.4. The van der Waals surface area contributed by atoms with Crippen molar-refractivity contribution in [3.05, 3.63) is 23.8 Å². The van der Waals surface area contributed by atoms with Crippen molar-refractivity contribution >= 4 is 17.3 Å². The Hall–Kier alpha value is -1.92. The maximum Gasteiger partial charge on any atom is 0.416 e. The number of benzene rings is 1. The number of hydrogen-bond acceptors (Lipinski definition) is 4. The predicted octanol–water partition coefficient (Wildman–Crippen LogP) is 2.26. The zero-order chi connectivity index (χ0) is 13.9. The summed E-state index contributed by atoms with van der Waals surface area (Å²) in [5, 5.41) is 2.67. The molecule has 1 rings (SSSR count). The minimum atomic E-state index is -4.44. The monoisotopic (exact) mass is 262 g/mol. The lowest BCUT2D eigenvalue weighted by Gasteiger charge is -2.16. The molecule has 0 fully saturated rings. The Morgan fingerprint density at radius 3 is 2.50 bits per heavy atom. The van der Waals surface area contributed by atoms with Crippen molar-refractivity contribution in [2.75, 3.05) is 18.2 Å². The number of nitrogen functional groups attached to an aromatic ring is 1. The standard InChI is InChI=1S/C11H13F3N2O2/c1-6(10(17)18-2)16-9-4-3-7(5-8(9)15)11(12,13)14/h3-6,16H,15H2,1-2H3. The number of esters is 1. The highest BCUT2D eigenvalue weighted by atomic mass is 19.4. The zero-order valence-electron chi connectivity index (χ0n) is 9.84. The summed E-state index contributed by atoms with van der Waals surface area (Å²) in [5.74, 6) is -0.533. The number of anilines is 2. The first-order valence-corrected chi connectivity index (χ1v) is 5.06. The van der Waals surface area contributed by atoms with Gasteiger partial charge in [0.1, 0.15) is 6.04 Å². The zero-order valence-corrected chi connectivity index (χ0v) is 9.84. The van der Waals surface area contributed by atoms with E-state index in [9.17, 15) is 18.0 Å². The van der Waals surface area contributed by atoms with E-state index in [4.69, 9.17) is 5.73 Å². The fourth-order valence-corrected chi connectivity index (χ4v) is 1.34. The summed E-state index contributed by atoms with van der Waals surface area (Å²) in [6, 6.07) is 2.18. The van der Waals surface area contributed by atoms with E-state index in [2.05, 4.69) is 10.1 Å². The minimum absolute atomic E-state index is 0.0828. The van der Waals surface area contributed by atoms with Crippen LogP contribution >= 0.6 is 0 Å². The van der Waals surface area contributed by atoms with Crippen molar-refractivity contribution in [2.45, 2.75) is 19.1 Å². The van der Waals surface area contributed by atoms with Gasteiger partial charge in [-0.05, 0) is 25.1 Å². The molecule has 3 N–H and O–H groups in total. The number of alkyl halides is 3. The summed E-state index contributed by atoms with van der Waals surface area (Å²) in [5.41, 5.74) is 4.82. The molecule has 0 spiro atoms. The van der Waals surface area contributed by atoms with Crippen molar-refractivity contribution in [1.29, 1.82) is 0 Å². The van der Waals surface area contributed by atoms with E-state index in [1.807, 2.05) is 0 Å². The third-order valence-corrected chi connectivity index (χ3v) is 2.31. The number of rotatable bonds is 3. The Morgan fingerprint density at radius 2 is 2.06 bits per heavy atom. The number of nitrogens with one attached hydrogen (secondary N) is 1. The first-order chi connectivity index (χ1) is 8.25. The summed E-state index contributed by atoms with van der Waals surface area (Å²) in [4.78, 5) is 11.1. The molecule has 0 saturated heterocycles. The van der Waals surface area contributed by atoms with Crippen LogP contribution in [-0.4, -0.2) is 19.1 Å². The molecule has 0 bridgehead atoms. The lowest BCUT2D eigenvalue weighted by atomic mass is 10.1. The second-order valence-electron chi connectivity index (χ2n) is 3.69. The topological polar surface area (TPSA) is 64.3 Å². The molecule has 1 atom stereocenters. The SMILES string of the molecule is COC(=O)C(C)Nc1ccc(C(F)(F)F)cc1N. The summed E-state index contributed by atoms with van der Waals surface area (Å²) >= 11 is 0. The Labute approximate surface area is 102 Å². The van der Waals surface area contributed by atoms with Gasteiger partial charge in [0, 0.05) is 0 Å². The van der Waals surface area contributed by atoms with Gasteiger partial charge in [0.2, 0.25) is 0 Å². The van der Waals surface area contributed by atoms with Gasteiger partial charge in [-0.2, -0.15) is 13.2 Å². The van der Waals surface area contributed by atoms with E-state index in [1.54, 1.807) is 0 Å². The van der Waals surface area contributed by atoms with E-state index < -0.39 is 23.8 Å². The molecule has 0 aliphatic rings. The van der Waals surface area contributed by atoms with Crippen molar-refractivity contribution in [2.24, 2.45) is 0 Å². The third-order valence-electron chi connectivity index (χ3n) is 2.31. The van der Waals surface area contributed by atoms with Crippen LogP contribution < -0.4 is 11.1 Å². The largest absolute Gasteiger partial charge is 0.467 e. The molecule has 0 saturated carbocycles. The van der Waals surface area contributed by atoms with E-state index in [0.717, 1.165) is 12.1 Å². The van der Waals surface area contributed by atoms with Gasteiger partial charge < -0.3 is 15.8 Å². The maximum atomic E-state index is 12.4. The Kier molecular flexibility index (Phi) is 4.05. The lowest BCUT2D eigenvalue weighted by molar-refractivity contribution is -0.141. The second kappa shape index (κ2) is 5.16. The number of methoxy groups -OCH3 is 1. The molecule has 0 heterocycles. The number of ether oxygens (including phenoxy) is 1. The van der Waals surface area contributed by atoms with E-state index in [-0.39, 0.29) is 11.4 Å². The van der Waals surface area contributed by atoms with Crippen molar-refractivity contribution in [3.63, 3.8) is 0 Å². The highest BCUT2D eigenvalue weighted by Gasteiger charge is 2.30. The van der Waals surface area contributed by atoms with Crippen LogP contribution in [0, 0.1) is 0 Å².